The Balaban J connectivity index is 1.50. The summed E-state index contributed by atoms with van der Waals surface area (Å²) in [6.07, 6.45) is 29.0. The fraction of sp³-hybridized carbons (Fsp3) is 0.750. The third-order valence-corrected chi connectivity index (χ3v) is 13.1. The molecule has 2 aliphatic carbocycles. The van der Waals surface area contributed by atoms with Crippen molar-refractivity contribution in [3.63, 3.8) is 0 Å². The molecule has 4 rings (SSSR count). The molecule has 3 aliphatic rings. The number of benzene rings is 1. The first-order chi connectivity index (χ1) is 25.5. The van der Waals surface area contributed by atoms with E-state index in [1.54, 1.807) is 13.2 Å². The number of aromatic hydroxyl groups is 1. The highest BCUT2D eigenvalue weighted by Gasteiger charge is 2.63. The van der Waals surface area contributed by atoms with E-state index in [1.165, 1.54) is 83.5 Å². The van der Waals surface area contributed by atoms with Gasteiger partial charge in [0.05, 0.1) is 23.5 Å². The Morgan fingerprint density at radius 1 is 0.885 bits per heavy atom. The number of ether oxygens (including phenoxy) is 2. The van der Waals surface area contributed by atoms with E-state index >= 15 is 0 Å². The van der Waals surface area contributed by atoms with E-state index in [1.807, 2.05) is 30.0 Å². The van der Waals surface area contributed by atoms with Crippen LogP contribution in [0.4, 0.5) is 0 Å². The Morgan fingerprint density at radius 2 is 1.52 bits per heavy atom. The molecule has 6 atom stereocenters. The van der Waals surface area contributed by atoms with Gasteiger partial charge in [0, 0.05) is 31.1 Å². The second-order valence-electron chi connectivity index (χ2n) is 15.4. The van der Waals surface area contributed by atoms with Crippen LogP contribution in [0.1, 0.15) is 153 Å². The Bertz CT molecular complexity index is 1240. The van der Waals surface area contributed by atoms with E-state index in [9.17, 15) is 15.3 Å². The maximum absolute atomic E-state index is 10.8. The molecule has 294 valence electrons. The number of allylic oxidation sites excluding steroid dienone is 1. The quantitative estimate of drug-likeness (QED) is 0.0446. The summed E-state index contributed by atoms with van der Waals surface area (Å²) in [4.78, 5) is 5.51. The van der Waals surface area contributed by atoms with Gasteiger partial charge in [-0.3, -0.25) is 0 Å². The lowest BCUT2D eigenvalue weighted by atomic mass is 9.56. The van der Waals surface area contributed by atoms with Crippen LogP contribution in [0, 0.1) is 17.8 Å². The van der Waals surface area contributed by atoms with Gasteiger partial charge in [-0.25, -0.2) is 0 Å². The summed E-state index contributed by atoms with van der Waals surface area (Å²) in [7, 11) is 1.63. The zero-order valence-electron chi connectivity index (χ0n) is 32.6. The van der Waals surface area contributed by atoms with Crippen molar-refractivity contribution in [1.29, 1.82) is 0 Å². The number of hydrogen-bond acceptors (Lipinski definition) is 8. The number of hydrogen-bond donors (Lipinski definition) is 3. The van der Waals surface area contributed by atoms with Crippen molar-refractivity contribution < 1.29 is 29.6 Å². The number of nitrogens with zero attached hydrogens (tertiary/aromatic N) is 1. The molecule has 3 N–H and O–H groups in total. The van der Waals surface area contributed by atoms with E-state index in [0.717, 1.165) is 73.3 Å². The lowest BCUT2D eigenvalue weighted by Gasteiger charge is -2.58. The van der Waals surface area contributed by atoms with Gasteiger partial charge in [-0.15, -0.1) is 6.58 Å². The first-order valence-electron chi connectivity index (χ1n) is 21.0. The van der Waals surface area contributed by atoms with Crippen LogP contribution in [-0.4, -0.2) is 64.8 Å². The van der Waals surface area contributed by atoms with Crippen LogP contribution in [-0.2, 0) is 9.57 Å². The molecule has 1 fully saturated rings. The van der Waals surface area contributed by atoms with Crippen LogP contribution in [0.15, 0.2) is 47.7 Å². The van der Waals surface area contributed by atoms with Crippen molar-refractivity contribution in [3.05, 3.63) is 48.1 Å². The zero-order chi connectivity index (χ0) is 37.0. The lowest BCUT2D eigenvalue weighted by molar-refractivity contribution is -0.223. The van der Waals surface area contributed by atoms with Gasteiger partial charge in [0.15, 0.2) is 0 Å². The maximum atomic E-state index is 10.8. The van der Waals surface area contributed by atoms with Gasteiger partial charge < -0.3 is 29.6 Å². The van der Waals surface area contributed by atoms with Crippen molar-refractivity contribution in [1.82, 2.24) is 0 Å². The Hall–Kier alpha value is -2.00. The highest BCUT2D eigenvalue weighted by atomic mass is 32.2. The molecule has 0 aromatic heterocycles. The van der Waals surface area contributed by atoms with E-state index in [0.29, 0.717) is 13.0 Å². The molecule has 1 aliphatic heterocycles. The van der Waals surface area contributed by atoms with Crippen LogP contribution in [0.25, 0.3) is 0 Å². The van der Waals surface area contributed by atoms with Gasteiger partial charge in [-0.1, -0.05) is 121 Å². The zero-order valence-corrected chi connectivity index (χ0v) is 33.4. The maximum Gasteiger partial charge on any atom is 0.230 e. The smallest absolute Gasteiger partial charge is 0.230 e. The topological polar surface area (TPSA) is 101 Å². The fourth-order valence-corrected chi connectivity index (χ4v) is 10.5. The lowest BCUT2D eigenvalue weighted by Crippen LogP contribution is -2.64. The highest BCUT2D eigenvalue weighted by molar-refractivity contribution is 8.00. The van der Waals surface area contributed by atoms with E-state index in [-0.39, 0.29) is 47.9 Å². The van der Waals surface area contributed by atoms with E-state index in [2.05, 4.69) is 24.7 Å². The van der Waals surface area contributed by atoms with Crippen LogP contribution in [0.2, 0.25) is 0 Å². The third-order valence-electron chi connectivity index (χ3n) is 11.7. The van der Waals surface area contributed by atoms with Crippen molar-refractivity contribution in [2.45, 2.75) is 159 Å². The summed E-state index contributed by atoms with van der Waals surface area (Å²) in [5.41, 5.74) is 3.11. The van der Waals surface area contributed by atoms with Crippen LogP contribution < -0.4 is 4.74 Å². The summed E-state index contributed by atoms with van der Waals surface area (Å²) in [6.45, 7) is 7.02. The SMILES string of the molecule is C=CCOC12Oc3ccc(O)cc3C3C(CCCCO)C(CCCCO)C=C(C(=NOC)CC1SCCCCCCCCCCCCCCCC)C32. The number of rotatable bonds is 28. The summed E-state index contributed by atoms with van der Waals surface area (Å²) in [5, 5.41) is 34.8. The fourth-order valence-electron chi connectivity index (χ4n) is 9.12. The van der Waals surface area contributed by atoms with Crippen molar-refractivity contribution in [2.75, 3.05) is 32.7 Å². The van der Waals surface area contributed by atoms with Gasteiger partial charge in [-0.2, -0.15) is 11.8 Å². The molecule has 1 heterocycles. The highest BCUT2D eigenvalue weighted by Crippen LogP contribution is 2.62. The van der Waals surface area contributed by atoms with E-state index < -0.39 is 5.79 Å². The molecular weight excluding hydrogens is 671 g/mol. The number of thioether (sulfide) groups is 1. The monoisotopic (exact) mass is 742 g/mol. The number of unbranched alkanes of at least 4 members (excludes halogenated alkanes) is 15. The summed E-state index contributed by atoms with van der Waals surface area (Å²) in [5.74, 6) is 1.45. The first-order valence-corrected chi connectivity index (χ1v) is 22.0. The largest absolute Gasteiger partial charge is 0.508 e. The van der Waals surface area contributed by atoms with Crippen LogP contribution in [0.3, 0.4) is 0 Å². The molecule has 8 heteroatoms. The normalized spacial score (nSPS) is 25.7. The summed E-state index contributed by atoms with van der Waals surface area (Å²) < 4.78 is 14.1. The number of fused-ring (bicyclic) bond motifs is 2. The average molecular weight is 742 g/mol. The second-order valence-corrected chi connectivity index (χ2v) is 16.7. The molecule has 6 unspecified atom stereocenters. The Kier molecular flexibility index (Phi) is 19.5. The molecule has 1 saturated carbocycles. The molecule has 1 aromatic rings. The molecule has 0 spiro atoms. The van der Waals surface area contributed by atoms with Gasteiger partial charge in [0.2, 0.25) is 5.79 Å². The van der Waals surface area contributed by atoms with Gasteiger partial charge >= 0.3 is 0 Å². The molecule has 0 amide bonds. The molecule has 1 aromatic carbocycles. The van der Waals surface area contributed by atoms with Crippen molar-refractivity contribution in [2.24, 2.45) is 22.9 Å². The summed E-state index contributed by atoms with van der Waals surface area (Å²) in [6, 6.07) is 5.52. The average Bonchev–Trinajstić information content (AvgIpc) is 3.15. The Labute approximate surface area is 320 Å². The minimum atomic E-state index is -0.937. The number of aliphatic hydroxyl groups is 2. The number of aliphatic hydroxyl groups excluding tert-OH is 2. The minimum Gasteiger partial charge on any atom is -0.508 e. The van der Waals surface area contributed by atoms with Gasteiger partial charge in [-0.05, 0) is 73.5 Å². The number of phenols is 1. The molecule has 7 nitrogen and oxygen atoms in total. The first kappa shape index (κ1) is 42.7. The molecule has 0 radical (unpaired) electrons. The summed E-state index contributed by atoms with van der Waals surface area (Å²) >= 11 is 1.94. The van der Waals surface area contributed by atoms with Gasteiger partial charge in [0.1, 0.15) is 18.6 Å². The molecule has 0 bridgehead atoms. The van der Waals surface area contributed by atoms with Crippen molar-refractivity contribution in [3.8, 4) is 11.5 Å². The minimum absolute atomic E-state index is 0.0149. The standard InChI is InChI=1S/C44H71NO6S/c1-4-6-7-8-9-10-11-12-13-14-15-16-17-22-30-52-41-33-39(45-49-3)37-31-34(23-18-20-27-46)36(24-19-21-28-47)42-38-32-35(48)25-26-40(38)51-44(41,43(37)42)50-29-5-2/h5,25-26,31-32,34,36,41-43,46-48H,2,4,6-24,27-30,33H2,1,3H3. The Morgan fingerprint density at radius 3 is 2.13 bits per heavy atom. The molecule has 0 saturated heterocycles. The predicted octanol–water partition coefficient (Wildman–Crippen LogP) is 10.9. The van der Waals surface area contributed by atoms with E-state index in [4.69, 9.17) is 14.3 Å². The molecular formula is C44H71NO6S. The van der Waals surface area contributed by atoms with Crippen LogP contribution >= 0.6 is 11.8 Å². The van der Waals surface area contributed by atoms with Gasteiger partial charge in [0.25, 0.3) is 0 Å². The third kappa shape index (κ3) is 11.7. The number of oxime groups is 1. The molecule has 52 heavy (non-hydrogen) atoms. The number of phenolic OH excluding ortho intramolecular Hbond substituents is 1. The predicted molar refractivity (Wildman–Crippen MR) is 216 cm³/mol. The van der Waals surface area contributed by atoms with Crippen LogP contribution in [0.5, 0.6) is 11.5 Å². The second kappa shape index (κ2) is 23.7. The van der Waals surface area contributed by atoms with Crippen molar-refractivity contribution >= 4 is 17.5 Å².